The van der Waals surface area contributed by atoms with Crippen LogP contribution in [0.1, 0.15) is 47.1 Å². The molecule has 0 aromatic carbocycles. The molecule has 104 valence electrons. The lowest BCUT2D eigenvalue weighted by molar-refractivity contribution is -0.00679. The van der Waals surface area contributed by atoms with Crippen molar-refractivity contribution in [2.75, 3.05) is 6.61 Å². The molecule has 1 rings (SSSR count). The van der Waals surface area contributed by atoms with Crippen molar-refractivity contribution in [2.24, 2.45) is 0 Å². The summed E-state index contributed by atoms with van der Waals surface area (Å²) in [5.41, 5.74) is 1.43. The monoisotopic (exact) mass is 252 g/mol. The van der Waals surface area contributed by atoms with Gasteiger partial charge >= 0.3 is 0 Å². The van der Waals surface area contributed by atoms with Gasteiger partial charge in [-0.3, -0.25) is 0 Å². The first kappa shape index (κ1) is 15.3. The molecule has 18 heavy (non-hydrogen) atoms. The SMILES string of the molecule is CC(C)(C)NCc1ccn(CCOC(C)(C)C)c1. The van der Waals surface area contributed by atoms with Gasteiger partial charge in [-0.25, -0.2) is 0 Å². The van der Waals surface area contributed by atoms with E-state index in [0.717, 1.165) is 19.7 Å². The molecule has 3 heteroatoms. The largest absolute Gasteiger partial charge is 0.374 e. The lowest BCUT2D eigenvalue weighted by atomic mass is 10.1. The van der Waals surface area contributed by atoms with Crippen LogP contribution in [-0.4, -0.2) is 22.3 Å². The fraction of sp³-hybridized carbons (Fsp3) is 0.733. The number of nitrogens with one attached hydrogen (secondary N) is 1. The Bertz CT molecular complexity index is 355. The predicted molar refractivity (Wildman–Crippen MR) is 76.7 cm³/mol. The van der Waals surface area contributed by atoms with E-state index in [1.807, 2.05) is 0 Å². The molecule has 0 aliphatic rings. The van der Waals surface area contributed by atoms with Crippen LogP contribution in [0.5, 0.6) is 0 Å². The number of rotatable bonds is 5. The highest BCUT2D eigenvalue weighted by atomic mass is 16.5. The van der Waals surface area contributed by atoms with E-state index in [0.29, 0.717) is 0 Å². The van der Waals surface area contributed by atoms with Gasteiger partial charge in [-0.1, -0.05) is 0 Å². The highest BCUT2D eigenvalue weighted by Crippen LogP contribution is 2.08. The maximum Gasteiger partial charge on any atom is 0.0652 e. The Hall–Kier alpha value is -0.800. The van der Waals surface area contributed by atoms with Crippen molar-refractivity contribution >= 4 is 0 Å². The molecular weight excluding hydrogens is 224 g/mol. The smallest absolute Gasteiger partial charge is 0.0652 e. The maximum atomic E-state index is 5.72. The molecular formula is C15H28N2O. The summed E-state index contributed by atoms with van der Waals surface area (Å²) < 4.78 is 7.91. The number of hydrogen-bond donors (Lipinski definition) is 1. The molecule has 0 spiro atoms. The Kier molecular flexibility index (Phi) is 5.00. The van der Waals surface area contributed by atoms with Gasteiger partial charge in [0.25, 0.3) is 0 Å². The molecule has 0 amide bonds. The average molecular weight is 252 g/mol. The fourth-order valence-electron chi connectivity index (χ4n) is 1.56. The van der Waals surface area contributed by atoms with Gasteiger partial charge in [-0.05, 0) is 53.2 Å². The van der Waals surface area contributed by atoms with E-state index in [4.69, 9.17) is 4.74 Å². The molecule has 0 radical (unpaired) electrons. The minimum Gasteiger partial charge on any atom is -0.374 e. The van der Waals surface area contributed by atoms with Crippen LogP contribution in [0.15, 0.2) is 18.5 Å². The van der Waals surface area contributed by atoms with Crippen molar-refractivity contribution in [3.63, 3.8) is 0 Å². The Morgan fingerprint density at radius 2 is 1.83 bits per heavy atom. The molecule has 0 saturated carbocycles. The Morgan fingerprint density at radius 1 is 1.17 bits per heavy atom. The molecule has 0 aliphatic heterocycles. The van der Waals surface area contributed by atoms with Crippen LogP contribution in [0.25, 0.3) is 0 Å². The summed E-state index contributed by atoms with van der Waals surface area (Å²) in [6, 6.07) is 2.16. The normalized spacial score (nSPS) is 13.0. The third-order valence-corrected chi connectivity index (χ3v) is 2.52. The zero-order chi connectivity index (χ0) is 13.8. The molecule has 3 nitrogen and oxygen atoms in total. The first-order chi connectivity index (χ1) is 8.16. The molecule has 0 saturated heterocycles. The number of hydrogen-bond acceptors (Lipinski definition) is 2. The van der Waals surface area contributed by atoms with Crippen LogP contribution in [-0.2, 0) is 17.8 Å². The summed E-state index contributed by atoms with van der Waals surface area (Å²) in [4.78, 5) is 0. The van der Waals surface area contributed by atoms with Gasteiger partial charge in [-0.2, -0.15) is 0 Å². The highest BCUT2D eigenvalue weighted by molar-refractivity contribution is 5.10. The fourth-order valence-corrected chi connectivity index (χ4v) is 1.56. The average Bonchev–Trinajstić information content (AvgIpc) is 2.60. The van der Waals surface area contributed by atoms with Crippen LogP contribution in [0.4, 0.5) is 0 Å². The van der Waals surface area contributed by atoms with E-state index < -0.39 is 0 Å². The van der Waals surface area contributed by atoms with E-state index in [2.05, 4.69) is 69.9 Å². The zero-order valence-corrected chi connectivity index (χ0v) is 12.7. The first-order valence-electron chi connectivity index (χ1n) is 6.69. The van der Waals surface area contributed by atoms with E-state index in [-0.39, 0.29) is 11.1 Å². The number of aromatic nitrogens is 1. The molecule has 0 aliphatic carbocycles. The van der Waals surface area contributed by atoms with Crippen molar-refractivity contribution in [1.29, 1.82) is 0 Å². The van der Waals surface area contributed by atoms with Crippen molar-refractivity contribution in [2.45, 2.75) is 65.8 Å². The van der Waals surface area contributed by atoms with E-state index >= 15 is 0 Å². The minimum atomic E-state index is -0.0518. The molecule has 1 heterocycles. The lowest BCUT2D eigenvalue weighted by Gasteiger charge is -2.20. The first-order valence-corrected chi connectivity index (χ1v) is 6.69. The van der Waals surface area contributed by atoms with Gasteiger partial charge in [0.05, 0.1) is 12.2 Å². The van der Waals surface area contributed by atoms with E-state index in [1.165, 1.54) is 5.56 Å². The summed E-state index contributed by atoms with van der Waals surface area (Å²) in [6.45, 7) is 15.4. The topological polar surface area (TPSA) is 26.2 Å². The lowest BCUT2D eigenvalue weighted by Crippen LogP contribution is -2.34. The predicted octanol–water partition coefficient (Wildman–Crippen LogP) is 3.19. The Balaban J connectivity index is 2.35. The van der Waals surface area contributed by atoms with E-state index in [9.17, 15) is 0 Å². The summed E-state index contributed by atoms with van der Waals surface area (Å²) in [5.74, 6) is 0. The van der Waals surface area contributed by atoms with Crippen molar-refractivity contribution in [1.82, 2.24) is 9.88 Å². The second kappa shape index (κ2) is 5.89. The van der Waals surface area contributed by atoms with Crippen molar-refractivity contribution in [3.05, 3.63) is 24.0 Å². The molecule has 0 atom stereocenters. The zero-order valence-electron chi connectivity index (χ0n) is 12.7. The van der Waals surface area contributed by atoms with Crippen molar-refractivity contribution < 1.29 is 4.74 Å². The molecule has 1 N–H and O–H groups in total. The number of ether oxygens (including phenoxy) is 1. The summed E-state index contributed by atoms with van der Waals surface area (Å²) in [6.07, 6.45) is 4.30. The van der Waals surface area contributed by atoms with Crippen LogP contribution in [0, 0.1) is 0 Å². The van der Waals surface area contributed by atoms with Gasteiger partial charge in [0.1, 0.15) is 0 Å². The quantitative estimate of drug-likeness (QED) is 0.871. The van der Waals surface area contributed by atoms with Gasteiger partial charge in [0.2, 0.25) is 0 Å². The third-order valence-electron chi connectivity index (χ3n) is 2.52. The molecule has 0 unspecified atom stereocenters. The molecule has 1 aromatic heterocycles. The number of nitrogens with zero attached hydrogens (tertiary/aromatic N) is 1. The van der Waals surface area contributed by atoms with Crippen LogP contribution in [0.3, 0.4) is 0 Å². The van der Waals surface area contributed by atoms with Gasteiger partial charge < -0.3 is 14.6 Å². The van der Waals surface area contributed by atoms with Crippen LogP contribution < -0.4 is 5.32 Å². The molecule has 0 fully saturated rings. The molecule has 0 bridgehead atoms. The summed E-state index contributed by atoms with van der Waals surface area (Å²) in [5, 5.41) is 3.49. The highest BCUT2D eigenvalue weighted by Gasteiger charge is 2.10. The van der Waals surface area contributed by atoms with Crippen LogP contribution in [0.2, 0.25) is 0 Å². The van der Waals surface area contributed by atoms with Gasteiger partial charge in [-0.15, -0.1) is 0 Å². The maximum absolute atomic E-state index is 5.72. The Morgan fingerprint density at radius 3 is 2.39 bits per heavy atom. The standard InChI is InChI=1S/C15H28N2O/c1-14(2,3)16-11-13-7-8-17(12-13)9-10-18-15(4,5)6/h7-8,12,16H,9-11H2,1-6H3. The van der Waals surface area contributed by atoms with Gasteiger partial charge in [0.15, 0.2) is 0 Å². The van der Waals surface area contributed by atoms with Gasteiger partial charge in [0, 0.05) is 31.0 Å². The Labute approximate surface area is 112 Å². The summed E-state index contributed by atoms with van der Waals surface area (Å²) >= 11 is 0. The molecule has 1 aromatic rings. The van der Waals surface area contributed by atoms with Crippen LogP contribution >= 0.6 is 0 Å². The third kappa shape index (κ3) is 6.82. The summed E-state index contributed by atoms with van der Waals surface area (Å²) in [7, 11) is 0. The minimum absolute atomic E-state index is 0.0518. The van der Waals surface area contributed by atoms with Crippen molar-refractivity contribution in [3.8, 4) is 0 Å². The second-order valence-corrected chi connectivity index (χ2v) is 6.82. The second-order valence-electron chi connectivity index (χ2n) is 6.82. The van der Waals surface area contributed by atoms with E-state index in [1.54, 1.807) is 0 Å².